The average molecular weight is 350 g/mol. The summed E-state index contributed by atoms with van der Waals surface area (Å²) in [7, 11) is 1.58. The van der Waals surface area contributed by atoms with Crippen LogP contribution in [0.15, 0.2) is 47.6 Å². The molecule has 2 aromatic carbocycles. The van der Waals surface area contributed by atoms with Gasteiger partial charge in [-0.1, -0.05) is 23.7 Å². The van der Waals surface area contributed by atoms with E-state index in [0.29, 0.717) is 23.1 Å². The molecule has 0 spiro atoms. The molecule has 0 heterocycles. The minimum absolute atomic E-state index is 0.106. The van der Waals surface area contributed by atoms with Gasteiger partial charge in [0.15, 0.2) is 16.6 Å². The fourth-order valence-electron chi connectivity index (χ4n) is 1.84. The van der Waals surface area contributed by atoms with Crippen LogP contribution in [0.4, 0.5) is 0 Å². The Hall–Kier alpha value is -2.31. The molecule has 2 aromatic rings. The van der Waals surface area contributed by atoms with Crippen LogP contribution in [0.5, 0.6) is 11.5 Å². The molecular weight excluding hydrogens is 334 g/mol. The number of nitrogens with zero attached hydrogens (tertiary/aromatic N) is 1. The van der Waals surface area contributed by atoms with Crippen LogP contribution in [-0.4, -0.2) is 18.4 Å². The highest BCUT2D eigenvalue weighted by molar-refractivity contribution is 7.80. The van der Waals surface area contributed by atoms with E-state index in [1.807, 2.05) is 36.4 Å². The van der Waals surface area contributed by atoms with Crippen molar-refractivity contribution in [2.24, 2.45) is 10.8 Å². The predicted molar refractivity (Wildman–Crippen MR) is 96.3 cm³/mol. The summed E-state index contributed by atoms with van der Waals surface area (Å²) in [6.45, 7) is 0.396. The van der Waals surface area contributed by atoms with Gasteiger partial charge in [0.05, 0.1) is 13.3 Å². The molecule has 0 fully saturated rings. The van der Waals surface area contributed by atoms with Gasteiger partial charge in [0.2, 0.25) is 0 Å². The summed E-state index contributed by atoms with van der Waals surface area (Å²) in [4.78, 5) is 0. The summed E-state index contributed by atoms with van der Waals surface area (Å²) in [5.41, 5.74) is 9.58. The maximum absolute atomic E-state index is 5.96. The monoisotopic (exact) mass is 349 g/mol. The predicted octanol–water partition coefficient (Wildman–Crippen LogP) is 3.09. The van der Waals surface area contributed by atoms with Crippen molar-refractivity contribution in [2.45, 2.75) is 6.61 Å². The first kappa shape index (κ1) is 17.1. The standard InChI is InChI=1S/C16H16ClN3O2S/c1-21-15-8-11(9-19-20-16(18)23)5-6-14(15)22-10-12-3-2-4-13(17)7-12/h2-9H,10H2,1H3,(H3,18,20,23)/b19-9-. The van der Waals surface area contributed by atoms with Crippen LogP contribution in [0.3, 0.4) is 0 Å². The molecule has 5 nitrogen and oxygen atoms in total. The van der Waals surface area contributed by atoms with Gasteiger partial charge in [-0.05, 0) is 53.7 Å². The second-order valence-corrected chi connectivity index (χ2v) is 5.44. The summed E-state index contributed by atoms with van der Waals surface area (Å²) in [5.74, 6) is 1.23. The van der Waals surface area contributed by atoms with E-state index in [1.54, 1.807) is 19.4 Å². The summed E-state index contributed by atoms with van der Waals surface area (Å²) < 4.78 is 11.1. The van der Waals surface area contributed by atoms with E-state index in [9.17, 15) is 0 Å². The molecule has 23 heavy (non-hydrogen) atoms. The van der Waals surface area contributed by atoms with Crippen molar-refractivity contribution in [3.8, 4) is 11.5 Å². The fourth-order valence-corrected chi connectivity index (χ4v) is 2.11. The second kappa shape index (κ2) is 8.36. The average Bonchev–Trinajstić information content (AvgIpc) is 2.53. The van der Waals surface area contributed by atoms with Gasteiger partial charge in [0.1, 0.15) is 6.61 Å². The molecule has 0 radical (unpaired) electrons. The van der Waals surface area contributed by atoms with Crippen molar-refractivity contribution in [3.05, 3.63) is 58.6 Å². The SMILES string of the molecule is COc1cc(/C=N\NC(N)=S)ccc1OCc1cccc(Cl)c1. The summed E-state index contributed by atoms with van der Waals surface area (Å²) in [6, 6.07) is 13.0. The Labute approximate surface area is 145 Å². The van der Waals surface area contributed by atoms with Gasteiger partial charge in [0, 0.05) is 5.02 Å². The molecule has 0 aliphatic carbocycles. The summed E-state index contributed by atoms with van der Waals surface area (Å²) in [5, 5.41) is 4.68. The zero-order valence-corrected chi connectivity index (χ0v) is 14.0. The maximum atomic E-state index is 5.96. The van der Waals surface area contributed by atoms with Crippen LogP contribution in [-0.2, 0) is 6.61 Å². The second-order valence-electron chi connectivity index (χ2n) is 4.56. The Morgan fingerprint density at radius 1 is 1.30 bits per heavy atom. The van der Waals surface area contributed by atoms with Crippen molar-refractivity contribution in [1.29, 1.82) is 0 Å². The number of rotatable bonds is 6. The molecule has 0 saturated heterocycles. The highest BCUT2D eigenvalue weighted by Gasteiger charge is 2.06. The summed E-state index contributed by atoms with van der Waals surface area (Å²) >= 11 is 10.6. The molecule has 2 rings (SSSR count). The van der Waals surface area contributed by atoms with Gasteiger partial charge < -0.3 is 15.2 Å². The lowest BCUT2D eigenvalue weighted by atomic mass is 10.2. The number of hydrogen-bond acceptors (Lipinski definition) is 4. The first-order valence-electron chi connectivity index (χ1n) is 6.72. The number of nitrogens with two attached hydrogens (primary N) is 1. The van der Waals surface area contributed by atoms with Crippen LogP contribution in [0.2, 0.25) is 5.02 Å². The highest BCUT2D eigenvalue weighted by atomic mass is 35.5. The van der Waals surface area contributed by atoms with E-state index in [4.69, 9.17) is 26.8 Å². The topological polar surface area (TPSA) is 68.9 Å². The Morgan fingerprint density at radius 2 is 2.13 bits per heavy atom. The molecular formula is C16H16ClN3O2S. The Bertz CT molecular complexity index is 722. The van der Waals surface area contributed by atoms with Crippen molar-refractivity contribution < 1.29 is 9.47 Å². The van der Waals surface area contributed by atoms with Gasteiger partial charge in [0.25, 0.3) is 0 Å². The van der Waals surface area contributed by atoms with Crippen LogP contribution in [0.25, 0.3) is 0 Å². The number of hydrazone groups is 1. The van der Waals surface area contributed by atoms with E-state index in [-0.39, 0.29) is 5.11 Å². The van der Waals surface area contributed by atoms with Gasteiger partial charge >= 0.3 is 0 Å². The Balaban J connectivity index is 2.07. The van der Waals surface area contributed by atoms with E-state index in [0.717, 1.165) is 11.1 Å². The van der Waals surface area contributed by atoms with Crippen molar-refractivity contribution >= 4 is 35.1 Å². The maximum Gasteiger partial charge on any atom is 0.184 e. The van der Waals surface area contributed by atoms with Gasteiger partial charge in [-0.25, -0.2) is 0 Å². The van der Waals surface area contributed by atoms with Gasteiger partial charge in [-0.15, -0.1) is 0 Å². The molecule has 0 amide bonds. The molecule has 0 bridgehead atoms. The smallest absolute Gasteiger partial charge is 0.184 e. The zero-order chi connectivity index (χ0) is 16.7. The Morgan fingerprint density at radius 3 is 2.83 bits per heavy atom. The molecule has 120 valence electrons. The number of thiocarbonyl (C=S) groups is 1. The number of benzene rings is 2. The van der Waals surface area contributed by atoms with Crippen LogP contribution >= 0.6 is 23.8 Å². The molecule has 0 saturated carbocycles. The summed E-state index contributed by atoms with van der Waals surface area (Å²) in [6.07, 6.45) is 1.59. The van der Waals surface area contributed by atoms with Gasteiger partial charge in [-0.3, -0.25) is 5.43 Å². The van der Waals surface area contributed by atoms with E-state index in [2.05, 4.69) is 22.7 Å². The van der Waals surface area contributed by atoms with Crippen LogP contribution in [0, 0.1) is 0 Å². The quantitative estimate of drug-likeness (QED) is 0.476. The Kier molecular flexibility index (Phi) is 6.19. The minimum atomic E-state index is 0.106. The molecule has 0 aliphatic heterocycles. The first-order chi connectivity index (χ1) is 11.1. The zero-order valence-electron chi connectivity index (χ0n) is 12.5. The third-order valence-electron chi connectivity index (χ3n) is 2.86. The molecule has 0 aliphatic rings. The number of ether oxygens (including phenoxy) is 2. The fraction of sp³-hybridized carbons (Fsp3) is 0.125. The number of methoxy groups -OCH3 is 1. The molecule has 7 heteroatoms. The molecule has 3 N–H and O–H groups in total. The normalized spacial score (nSPS) is 10.5. The third-order valence-corrected chi connectivity index (χ3v) is 3.19. The highest BCUT2D eigenvalue weighted by Crippen LogP contribution is 2.28. The number of hydrogen-bond donors (Lipinski definition) is 2. The van der Waals surface area contributed by atoms with Crippen molar-refractivity contribution in [1.82, 2.24) is 5.43 Å². The molecule has 0 atom stereocenters. The van der Waals surface area contributed by atoms with Crippen molar-refractivity contribution in [3.63, 3.8) is 0 Å². The van der Waals surface area contributed by atoms with E-state index >= 15 is 0 Å². The first-order valence-corrected chi connectivity index (χ1v) is 7.51. The largest absolute Gasteiger partial charge is 0.493 e. The van der Waals surface area contributed by atoms with Crippen LogP contribution < -0.4 is 20.6 Å². The lowest BCUT2D eigenvalue weighted by Gasteiger charge is -2.11. The van der Waals surface area contributed by atoms with Crippen LogP contribution in [0.1, 0.15) is 11.1 Å². The lowest BCUT2D eigenvalue weighted by Crippen LogP contribution is -2.23. The van der Waals surface area contributed by atoms with Crippen molar-refractivity contribution in [2.75, 3.05) is 7.11 Å². The molecule has 0 aromatic heterocycles. The number of halogens is 1. The van der Waals surface area contributed by atoms with E-state index < -0.39 is 0 Å². The third kappa shape index (κ3) is 5.43. The number of nitrogens with one attached hydrogen (secondary N) is 1. The lowest BCUT2D eigenvalue weighted by molar-refractivity contribution is 0.284. The van der Waals surface area contributed by atoms with E-state index in [1.165, 1.54) is 0 Å². The molecule has 0 unspecified atom stereocenters. The van der Waals surface area contributed by atoms with Gasteiger partial charge in [-0.2, -0.15) is 5.10 Å². The minimum Gasteiger partial charge on any atom is -0.493 e.